The Labute approximate surface area is 130 Å². The number of rotatable bonds is 8. The van der Waals surface area contributed by atoms with E-state index in [4.69, 9.17) is 4.74 Å². The first-order valence-corrected chi connectivity index (χ1v) is 8.09. The van der Waals surface area contributed by atoms with E-state index in [9.17, 15) is 4.79 Å². The molecule has 2 unspecified atom stereocenters. The number of esters is 1. The molecule has 1 heterocycles. The second kappa shape index (κ2) is 8.71. The van der Waals surface area contributed by atoms with Crippen LogP contribution in [0.25, 0.3) is 0 Å². The molecule has 21 heavy (non-hydrogen) atoms. The fourth-order valence-electron chi connectivity index (χ4n) is 3.02. The van der Waals surface area contributed by atoms with Crippen molar-refractivity contribution in [2.24, 2.45) is 0 Å². The van der Waals surface area contributed by atoms with Gasteiger partial charge in [0, 0.05) is 12.6 Å². The monoisotopic (exact) mass is 299 g/mol. The first-order chi connectivity index (χ1) is 9.92. The zero-order valence-electron chi connectivity index (χ0n) is 14.4. The van der Waals surface area contributed by atoms with Crippen LogP contribution in [0, 0.1) is 0 Å². The number of unbranched alkanes of at least 4 members (excludes halogenated alkanes) is 1. The third kappa shape index (κ3) is 5.57. The lowest BCUT2D eigenvalue weighted by Gasteiger charge is -2.36. The van der Waals surface area contributed by atoms with Crippen LogP contribution in [0.2, 0.25) is 0 Å². The van der Waals surface area contributed by atoms with E-state index in [0.717, 1.165) is 25.8 Å². The summed E-state index contributed by atoms with van der Waals surface area (Å²) in [7, 11) is 7.61. The van der Waals surface area contributed by atoms with Crippen molar-refractivity contribution in [3.8, 4) is 0 Å². The maximum Gasteiger partial charge on any atom is 0.325 e. The summed E-state index contributed by atoms with van der Waals surface area (Å²) in [5.41, 5.74) is -0.553. The summed E-state index contributed by atoms with van der Waals surface area (Å²) in [4.78, 5) is 16.7. The number of nitrogens with zero attached hydrogens (tertiary/aromatic N) is 2. The molecule has 5 heteroatoms. The van der Waals surface area contributed by atoms with Crippen molar-refractivity contribution in [2.45, 2.75) is 50.6 Å². The third-order valence-corrected chi connectivity index (χ3v) is 4.80. The number of likely N-dealkylation sites (N-methyl/N-ethyl adjacent to an activating group) is 2. The van der Waals surface area contributed by atoms with Crippen LogP contribution >= 0.6 is 0 Å². The van der Waals surface area contributed by atoms with Crippen molar-refractivity contribution in [2.75, 3.05) is 47.9 Å². The molecule has 0 aromatic rings. The van der Waals surface area contributed by atoms with Gasteiger partial charge in [0.2, 0.25) is 0 Å². The Morgan fingerprint density at radius 2 is 2.14 bits per heavy atom. The number of hydrogen-bond acceptors (Lipinski definition) is 5. The zero-order chi connectivity index (χ0) is 15.9. The van der Waals surface area contributed by atoms with E-state index >= 15 is 0 Å². The second-order valence-electron chi connectivity index (χ2n) is 6.59. The van der Waals surface area contributed by atoms with E-state index in [1.165, 1.54) is 33.0 Å². The highest BCUT2D eigenvalue weighted by Gasteiger charge is 2.31. The minimum absolute atomic E-state index is 0.171. The van der Waals surface area contributed by atoms with Crippen LogP contribution in [0.3, 0.4) is 0 Å². The Hall–Kier alpha value is -0.650. The summed E-state index contributed by atoms with van der Waals surface area (Å²) in [6.07, 6.45) is 5.59. The summed E-state index contributed by atoms with van der Waals surface area (Å²) in [5, 5.41) is 3.09. The molecular weight excluding hydrogens is 266 g/mol. The average Bonchev–Trinajstić information content (AvgIpc) is 2.50. The first-order valence-electron chi connectivity index (χ1n) is 8.09. The summed E-state index contributed by atoms with van der Waals surface area (Å²) >= 11 is 0. The van der Waals surface area contributed by atoms with Crippen LogP contribution in [-0.2, 0) is 9.53 Å². The van der Waals surface area contributed by atoms with Gasteiger partial charge in [-0.2, -0.15) is 0 Å². The van der Waals surface area contributed by atoms with E-state index in [0.29, 0.717) is 6.04 Å². The van der Waals surface area contributed by atoms with E-state index in [-0.39, 0.29) is 5.97 Å². The van der Waals surface area contributed by atoms with Gasteiger partial charge in [0.25, 0.3) is 0 Å². The highest BCUT2D eigenvalue weighted by molar-refractivity contribution is 5.80. The minimum Gasteiger partial charge on any atom is -0.468 e. The highest BCUT2D eigenvalue weighted by atomic mass is 16.5. The molecule has 1 aliphatic rings. The number of carbonyl (C=O) groups excluding carboxylic acids is 1. The predicted octanol–water partition coefficient (Wildman–Crippen LogP) is 1.33. The summed E-state index contributed by atoms with van der Waals surface area (Å²) < 4.78 is 4.88. The van der Waals surface area contributed by atoms with E-state index < -0.39 is 5.54 Å². The number of hydrogen-bond donors (Lipinski definition) is 1. The third-order valence-electron chi connectivity index (χ3n) is 4.80. The molecule has 1 rings (SSSR count). The molecular formula is C16H33N3O2. The smallest absolute Gasteiger partial charge is 0.325 e. The van der Waals surface area contributed by atoms with E-state index in [1.807, 2.05) is 14.0 Å². The number of likely N-dealkylation sites (tertiary alicyclic amines) is 1. The van der Waals surface area contributed by atoms with Crippen molar-refractivity contribution >= 4 is 5.97 Å². The van der Waals surface area contributed by atoms with Gasteiger partial charge in [-0.15, -0.1) is 0 Å². The Kier molecular flexibility index (Phi) is 7.63. The molecule has 0 amide bonds. The Morgan fingerprint density at radius 1 is 1.43 bits per heavy atom. The molecule has 1 aliphatic heterocycles. The molecule has 0 aromatic heterocycles. The molecule has 0 bridgehead atoms. The number of carbonyl (C=O) groups is 1. The average molecular weight is 299 g/mol. The quantitative estimate of drug-likeness (QED) is 0.541. The lowest BCUT2D eigenvalue weighted by Crippen LogP contribution is -2.48. The molecule has 124 valence electrons. The summed E-state index contributed by atoms with van der Waals surface area (Å²) in [6.45, 7) is 5.44. The highest BCUT2D eigenvalue weighted by Crippen LogP contribution is 2.17. The van der Waals surface area contributed by atoms with Gasteiger partial charge < -0.3 is 19.9 Å². The van der Waals surface area contributed by atoms with Gasteiger partial charge in [0.05, 0.1) is 7.11 Å². The summed E-state index contributed by atoms with van der Waals surface area (Å²) in [6, 6.07) is 0.691. The Balaban J connectivity index is 2.28. The van der Waals surface area contributed by atoms with Crippen molar-refractivity contribution < 1.29 is 9.53 Å². The van der Waals surface area contributed by atoms with Crippen LogP contribution < -0.4 is 5.32 Å². The fraction of sp³-hybridized carbons (Fsp3) is 0.938. The van der Waals surface area contributed by atoms with Gasteiger partial charge in [-0.25, -0.2) is 0 Å². The van der Waals surface area contributed by atoms with Crippen LogP contribution in [0.4, 0.5) is 0 Å². The Bertz CT molecular complexity index is 323. The first kappa shape index (κ1) is 18.4. The van der Waals surface area contributed by atoms with Crippen molar-refractivity contribution in [3.63, 3.8) is 0 Å². The SMILES string of the molecule is CNC(C)(CCCCN1CCCC(N(C)C)C1)C(=O)OC. The fourth-order valence-corrected chi connectivity index (χ4v) is 3.02. The van der Waals surface area contributed by atoms with Crippen molar-refractivity contribution in [1.82, 2.24) is 15.1 Å². The minimum atomic E-state index is -0.553. The Morgan fingerprint density at radius 3 is 2.71 bits per heavy atom. The normalized spacial score (nSPS) is 23.0. The van der Waals surface area contributed by atoms with E-state index in [2.05, 4.69) is 29.2 Å². The molecule has 0 aromatic carbocycles. The summed E-state index contributed by atoms with van der Waals surface area (Å²) in [5.74, 6) is -0.171. The molecule has 2 atom stereocenters. The number of ether oxygens (including phenoxy) is 1. The number of nitrogens with one attached hydrogen (secondary N) is 1. The largest absolute Gasteiger partial charge is 0.468 e. The molecule has 1 N–H and O–H groups in total. The van der Waals surface area contributed by atoms with Gasteiger partial charge in [0.15, 0.2) is 0 Å². The maximum atomic E-state index is 11.8. The standard InChI is InChI=1S/C16H33N3O2/c1-16(17-2,15(20)21-5)10-6-7-11-19-12-8-9-14(13-19)18(3)4/h14,17H,6-13H2,1-5H3. The lowest BCUT2D eigenvalue weighted by atomic mass is 9.95. The number of piperidine rings is 1. The molecule has 0 aliphatic carbocycles. The van der Waals surface area contributed by atoms with Crippen LogP contribution in [-0.4, -0.2) is 75.2 Å². The van der Waals surface area contributed by atoms with Gasteiger partial charge in [0.1, 0.15) is 5.54 Å². The van der Waals surface area contributed by atoms with Crippen LogP contribution in [0.1, 0.15) is 39.0 Å². The molecule has 0 saturated carbocycles. The molecule has 5 nitrogen and oxygen atoms in total. The van der Waals surface area contributed by atoms with Crippen molar-refractivity contribution in [1.29, 1.82) is 0 Å². The topological polar surface area (TPSA) is 44.8 Å². The van der Waals surface area contributed by atoms with Crippen molar-refractivity contribution in [3.05, 3.63) is 0 Å². The van der Waals surface area contributed by atoms with Crippen LogP contribution in [0.5, 0.6) is 0 Å². The molecule has 0 radical (unpaired) electrons. The second-order valence-corrected chi connectivity index (χ2v) is 6.59. The maximum absolute atomic E-state index is 11.8. The predicted molar refractivity (Wildman–Crippen MR) is 86.5 cm³/mol. The van der Waals surface area contributed by atoms with Gasteiger partial charge >= 0.3 is 5.97 Å². The van der Waals surface area contributed by atoms with Gasteiger partial charge in [-0.3, -0.25) is 4.79 Å². The van der Waals surface area contributed by atoms with Gasteiger partial charge in [-0.05, 0) is 73.3 Å². The molecule has 1 fully saturated rings. The molecule has 0 spiro atoms. The molecule has 1 saturated heterocycles. The zero-order valence-corrected chi connectivity index (χ0v) is 14.4. The number of methoxy groups -OCH3 is 1. The van der Waals surface area contributed by atoms with E-state index in [1.54, 1.807) is 0 Å². The van der Waals surface area contributed by atoms with Gasteiger partial charge in [-0.1, -0.05) is 0 Å². The lowest BCUT2D eigenvalue weighted by molar-refractivity contribution is -0.148. The van der Waals surface area contributed by atoms with Crippen LogP contribution in [0.15, 0.2) is 0 Å².